The number of rotatable bonds is 3. The molecule has 0 aromatic carbocycles. The first-order valence-electron chi connectivity index (χ1n) is 8.16. The van der Waals surface area contributed by atoms with Crippen molar-refractivity contribution in [2.45, 2.75) is 70.8 Å². The Labute approximate surface area is 122 Å². The molecule has 2 atom stereocenters. The number of hydrogen-bond acceptors (Lipinski definition) is 2. The lowest BCUT2D eigenvalue weighted by atomic mass is 9.82. The number of nitrogens with zero attached hydrogens (tertiary/aromatic N) is 3. The first-order chi connectivity index (χ1) is 9.71. The Morgan fingerprint density at radius 3 is 2.80 bits per heavy atom. The van der Waals surface area contributed by atoms with E-state index in [4.69, 9.17) is 5.10 Å². The van der Waals surface area contributed by atoms with Gasteiger partial charge in [0.25, 0.3) is 0 Å². The van der Waals surface area contributed by atoms with Crippen LogP contribution >= 0.6 is 0 Å². The maximum absolute atomic E-state index is 9.57. The summed E-state index contributed by atoms with van der Waals surface area (Å²) in [5.74, 6) is 0.690. The fourth-order valence-corrected chi connectivity index (χ4v) is 4.06. The maximum atomic E-state index is 9.57. The lowest BCUT2D eigenvalue weighted by Crippen LogP contribution is -2.19. The number of nitriles is 1. The zero-order chi connectivity index (χ0) is 14.0. The van der Waals surface area contributed by atoms with Gasteiger partial charge in [-0.25, -0.2) is 0 Å². The summed E-state index contributed by atoms with van der Waals surface area (Å²) >= 11 is 0. The van der Waals surface area contributed by atoms with Gasteiger partial charge in [0, 0.05) is 12.6 Å². The Morgan fingerprint density at radius 2 is 2.15 bits per heavy atom. The standard InChI is InChI=1S/C17H25N3/c1-14-7-9-17(11-14,13-18)12-15-8-10-20(19-15)16-5-3-2-4-6-16/h8,10,14,16H,2-7,9,11-12H2,1H3. The zero-order valence-electron chi connectivity index (χ0n) is 12.5. The molecule has 3 heteroatoms. The second-order valence-electron chi connectivity index (χ2n) is 7.00. The minimum Gasteiger partial charge on any atom is -0.269 e. The molecule has 0 bridgehead atoms. The molecule has 0 saturated heterocycles. The molecule has 2 saturated carbocycles. The highest BCUT2D eigenvalue weighted by Gasteiger charge is 2.38. The molecule has 0 radical (unpaired) electrons. The van der Waals surface area contributed by atoms with Gasteiger partial charge in [-0.15, -0.1) is 0 Å². The molecule has 1 heterocycles. The summed E-state index contributed by atoms with van der Waals surface area (Å²) in [5.41, 5.74) is 0.969. The van der Waals surface area contributed by atoms with E-state index < -0.39 is 0 Å². The Bertz CT molecular complexity index is 493. The van der Waals surface area contributed by atoms with Crippen LogP contribution in [0.5, 0.6) is 0 Å². The SMILES string of the molecule is CC1CCC(C#N)(Cc2ccn(C3CCCCC3)n2)C1. The van der Waals surface area contributed by atoms with Gasteiger partial charge >= 0.3 is 0 Å². The highest BCUT2D eigenvalue weighted by molar-refractivity contribution is 5.12. The molecule has 20 heavy (non-hydrogen) atoms. The molecule has 1 aromatic heterocycles. The van der Waals surface area contributed by atoms with Crippen LogP contribution in [0.15, 0.2) is 12.3 Å². The zero-order valence-corrected chi connectivity index (χ0v) is 12.5. The lowest BCUT2D eigenvalue weighted by molar-refractivity contribution is 0.324. The fourth-order valence-electron chi connectivity index (χ4n) is 4.06. The van der Waals surface area contributed by atoms with Gasteiger partial charge < -0.3 is 0 Å². The van der Waals surface area contributed by atoms with Crippen molar-refractivity contribution < 1.29 is 0 Å². The third-order valence-electron chi connectivity index (χ3n) is 5.22. The summed E-state index contributed by atoms with van der Waals surface area (Å²) in [6, 6.07) is 5.33. The van der Waals surface area contributed by atoms with E-state index in [1.54, 1.807) is 0 Å². The predicted octanol–water partition coefficient (Wildman–Crippen LogP) is 4.26. The first-order valence-corrected chi connectivity index (χ1v) is 8.16. The quantitative estimate of drug-likeness (QED) is 0.824. The second kappa shape index (κ2) is 5.60. The van der Waals surface area contributed by atoms with Crippen molar-refractivity contribution in [2.75, 3.05) is 0 Å². The van der Waals surface area contributed by atoms with Crippen LogP contribution in [-0.2, 0) is 6.42 Å². The van der Waals surface area contributed by atoms with Gasteiger partial charge in [0.15, 0.2) is 0 Å². The van der Waals surface area contributed by atoms with Crippen molar-refractivity contribution in [1.29, 1.82) is 5.26 Å². The molecule has 0 N–H and O–H groups in total. The van der Waals surface area contributed by atoms with Gasteiger partial charge in [-0.05, 0) is 44.1 Å². The minimum absolute atomic E-state index is 0.148. The van der Waals surface area contributed by atoms with Gasteiger partial charge in [-0.1, -0.05) is 26.2 Å². The first kappa shape index (κ1) is 13.7. The number of aromatic nitrogens is 2. The number of hydrogen-bond donors (Lipinski definition) is 0. The van der Waals surface area contributed by atoms with Crippen LogP contribution in [0.25, 0.3) is 0 Å². The normalized spacial score (nSPS) is 31.3. The van der Waals surface area contributed by atoms with E-state index >= 15 is 0 Å². The van der Waals surface area contributed by atoms with Gasteiger partial charge in [-0.3, -0.25) is 4.68 Å². The highest BCUT2D eigenvalue weighted by Crippen LogP contribution is 2.43. The van der Waals surface area contributed by atoms with Crippen molar-refractivity contribution in [2.24, 2.45) is 11.3 Å². The largest absolute Gasteiger partial charge is 0.269 e. The van der Waals surface area contributed by atoms with Crippen LogP contribution in [0.3, 0.4) is 0 Å². The van der Waals surface area contributed by atoms with Crippen molar-refractivity contribution in [3.8, 4) is 6.07 Å². The van der Waals surface area contributed by atoms with E-state index in [2.05, 4.69) is 29.9 Å². The molecule has 2 aliphatic rings. The van der Waals surface area contributed by atoms with E-state index in [9.17, 15) is 5.26 Å². The van der Waals surface area contributed by atoms with E-state index in [0.29, 0.717) is 12.0 Å². The van der Waals surface area contributed by atoms with Crippen LogP contribution in [0.1, 0.15) is 70.0 Å². The Hall–Kier alpha value is -1.30. The van der Waals surface area contributed by atoms with E-state index in [1.807, 2.05) is 0 Å². The summed E-state index contributed by atoms with van der Waals surface area (Å²) in [5, 5.41) is 14.3. The predicted molar refractivity (Wildman–Crippen MR) is 79.1 cm³/mol. The third kappa shape index (κ3) is 2.75. The van der Waals surface area contributed by atoms with E-state index in [0.717, 1.165) is 25.0 Å². The highest BCUT2D eigenvalue weighted by atomic mass is 15.3. The molecule has 0 amide bonds. The molecule has 3 nitrogen and oxygen atoms in total. The van der Waals surface area contributed by atoms with Gasteiger partial charge in [0.2, 0.25) is 0 Å². The Kier molecular flexibility index (Phi) is 3.83. The summed E-state index contributed by atoms with van der Waals surface area (Å²) in [4.78, 5) is 0. The molecular weight excluding hydrogens is 246 g/mol. The molecule has 2 aliphatic carbocycles. The molecular formula is C17H25N3. The van der Waals surface area contributed by atoms with E-state index in [1.165, 1.54) is 38.5 Å². The van der Waals surface area contributed by atoms with Crippen LogP contribution in [0.4, 0.5) is 0 Å². The smallest absolute Gasteiger partial charge is 0.0693 e. The second-order valence-corrected chi connectivity index (χ2v) is 7.00. The van der Waals surface area contributed by atoms with Crippen LogP contribution in [-0.4, -0.2) is 9.78 Å². The van der Waals surface area contributed by atoms with Crippen LogP contribution in [0.2, 0.25) is 0 Å². The maximum Gasteiger partial charge on any atom is 0.0693 e. The fraction of sp³-hybridized carbons (Fsp3) is 0.765. The summed E-state index contributed by atoms with van der Waals surface area (Å²) in [6.07, 6.45) is 12.8. The monoisotopic (exact) mass is 271 g/mol. The average molecular weight is 271 g/mol. The lowest BCUT2D eigenvalue weighted by Gasteiger charge is -2.22. The van der Waals surface area contributed by atoms with Crippen molar-refractivity contribution >= 4 is 0 Å². The Balaban J connectivity index is 1.69. The Morgan fingerprint density at radius 1 is 1.35 bits per heavy atom. The molecule has 1 aromatic rings. The summed E-state index contributed by atoms with van der Waals surface area (Å²) in [7, 11) is 0. The molecule has 2 fully saturated rings. The molecule has 3 rings (SSSR count). The van der Waals surface area contributed by atoms with Crippen molar-refractivity contribution in [3.05, 3.63) is 18.0 Å². The van der Waals surface area contributed by atoms with Crippen molar-refractivity contribution in [3.63, 3.8) is 0 Å². The molecule has 108 valence electrons. The third-order valence-corrected chi connectivity index (χ3v) is 5.22. The van der Waals surface area contributed by atoms with E-state index in [-0.39, 0.29) is 5.41 Å². The summed E-state index contributed by atoms with van der Waals surface area (Å²) in [6.45, 7) is 2.26. The molecule has 0 spiro atoms. The average Bonchev–Trinajstić information content (AvgIpc) is 3.08. The molecule has 2 unspecified atom stereocenters. The minimum atomic E-state index is -0.148. The van der Waals surface area contributed by atoms with Gasteiger partial charge in [-0.2, -0.15) is 10.4 Å². The topological polar surface area (TPSA) is 41.6 Å². The van der Waals surface area contributed by atoms with Gasteiger partial charge in [0.1, 0.15) is 0 Å². The summed E-state index contributed by atoms with van der Waals surface area (Å²) < 4.78 is 2.16. The van der Waals surface area contributed by atoms with Gasteiger partial charge in [0.05, 0.1) is 23.2 Å². The van der Waals surface area contributed by atoms with Crippen LogP contribution in [0, 0.1) is 22.7 Å². The van der Waals surface area contributed by atoms with Crippen molar-refractivity contribution in [1.82, 2.24) is 9.78 Å². The molecule has 0 aliphatic heterocycles. The van der Waals surface area contributed by atoms with Crippen LogP contribution < -0.4 is 0 Å².